The van der Waals surface area contributed by atoms with E-state index in [9.17, 15) is 4.79 Å². The lowest BCUT2D eigenvalue weighted by Gasteiger charge is -2.23. The molecule has 2 aromatic heterocycles. The van der Waals surface area contributed by atoms with E-state index in [1.54, 1.807) is 6.92 Å². The molecule has 3 aromatic rings. The van der Waals surface area contributed by atoms with Gasteiger partial charge in [0, 0.05) is 25.6 Å². The number of aromatic nitrogens is 2. The minimum atomic E-state index is -0.0837. The van der Waals surface area contributed by atoms with Gasteiger partial charge in [-0.2, -0.15) is 0 Å². The Bertz CT molecular complexity index is 904. The van der Waals surface area contributed by atoms with Crippen LogP contribution in [0, 0.1) is 6.92 Å². The number of carbonyl (C=O) groups excluding carboxylic acids is 1. The number of nitrogens with zero attached hydrogens (tertiary/aromatic N) is 3. The van der Waals surface area contributed by atoms with Gasteiger partial charge in [-0.05, 0) is 30.5 Å². The lowest BCUT2D eigenvalue weighted by molar-refractivity contribution is 0.0726. The van der Waals surface area contributed by atoms with E-state index in [1.165, 1.54) is 11.8 Å². The molecule has 5 nitrogen and oxygen atoms in total. The van der Waals surface area contributed by atoms with Gasteiger partial charge in [0.2, 0.25) is 0 Å². The van der Waals surface area contributed by atoms with E-state index in [-0.39, 0.29) is 11.9 Å². The zero-order chi connectivity index (χ0) is 17.9. The van der Waals surface area contributed by atoms with E-state index in [0.29, 0.717) is 11.6 Å². The fraction of sp³-hybridized carbons (Fsp3) is 0.286. The summed E-state index contributed by atoms with van der Waals surface area (Å²) < 4.78 is 5.20. The third kappa shape index (κ3) is 3.38. The topological polar surface area (TPSA) is 59.2 Å². The molecule has 132 valence electrons. The zero-order valence-corrected chi connectivity index (χ0v) is 14.8. The minimum Gasteiger partial charge on any atom is -0.448 e. The third-order valence-electron chi connectivity index (χ3n) is 4.75. The minimum absolute atomic E-state index is 0.00442. The number of aryl methyl sites for hydroxylation is 1. The highest BCUT2D eigenvalue weighted by atomic mass is 16.3. The van der Waals surface area contributed by atoms with Gasteiger partial charge in [0.15, 0.2) is 11.6 Å². The molecule has 3 heterocycles. The van der Waals surface area contributed by atoms with Crippen molar-refractivity contribution in [1.29, 1.82) is 0 Å². The Balaban J connectivity index is 1.56. The van der Waals surface area contributed by atoms with E-state index in [2.05, 4.69) is 17.1 Å². The molecule has 26 heavy (non-hydrogen) atoms. The molecule has 0 radical (unpaired) electrons. The van der Waals surface area contributed by atoms with Crippen molar-refractivity contribution < 1.29 is 9.21 Å². The molecular formula is C21H21N3O2. The van der Waals surface area contributed by atoms with Crippen LogP contribution in [0.15, 0.2) is 59.2 Å². The quantitative estimate of drug-likeness (QED) is 0.717. The number of oxazole rings is 1. The van der Waals surface area contributed by atoms with Crippen LogP contribution in [0.25, 0.3) is 0 Å². The number of amides is 1. The van der Waals surface area contributed by atoms with Crippen LogP contribution in [0.1, 0.15) is 52.2 Å². The summed E-state index contributed by atoms with van der Waals surface area (Å²) in [6.07, 6.45) is 4.12. The first-order valence-corrected chi connectivity index (χ1v) is 8.93. The van der Waals surface area contributed by atoms with E-state index >= 15 is 0 Å². The maximum absolute atomic E-state index is 12.8. The van der Waals surface area contributed by atoms with Crippen molar-refractivity contribution in [1.82, 2.24) is 14.9 Å². The molecule has 1 aliphatic rings. The van der Waals surface area contributed by atoms with Crippen LogP contribution in [-0.2, 0) is 6.42 Å². The molecule has 1 saturated heterocycles. The number of benzene rings is 1. The lowest BCUT2D eigenvalue weighted by atomic mass is 10.1. The first-order chi connectivity index (χ1) is 12.7. The Labute approximate surface area is 152 Å². The molecule has 1 fully saturated rings. The standard InChI is InChI=1S/C21H21N3O2/c1-15-22-19(14-26-15)21(25)24-12-6-11-20(24)18-10-5-9-17(23-18)13-16-7-3-2-4-8-16/h2-5,7-10,14,20H,6,11-13H2,1H3/t20-/m0/s1. The summed E-state index contributed by atoms with van der Waals surface area (Å²) in [5.74, 6) is 0.423. The van der Waals surface area contributed by atoms with Gasteiger partial charge < -0.3 is 9.32 Å². The van der Waals surface area contributed by atoms with Crippen LogP contribution in [-0.4, -0.2) is 27.3 Å². The molecule has 4 rings (SSSR count). The second kappa shape index (κ2) is 7.12. The van der Waals surface area contributed by atoms with Crippen LogP contribution < -0.4 is 0 Å². The number of hydrogen-bond donors (Lipinski definition) is 0. The average molecular weight is 347 g/mol. The van der Waals surface area contributed by atoms with Gasteiger partial charge in [-0.1, -0.05) is 36.4 Å². The Morgan fingerprint density at radius 3 is 2.77 bits per heavy atom. The number of carbonyl (C=O) groups is 1. The van der Waals surface area contributed by atoms with E-state index in [1.807, 2.05) is 41.3 Å². The smallest absolute Gasteiger partial charge is 0.276 e. The van der Waals surface area contributed by atoms with Gasteiger partial charge in [-0.15, -0.1) is 0 Å². The predicted octanol–water partition coefficient (Wildman–Crippen LogP) is 3.95. The lowest BCUT2D eigenvalue weighted by Crippen LogP contribution is -2.31. The Hall–Kier alpha value is -2.95. The SMILES string of the molecule is Cc1nc(C(=O)N2CCC[C@H]2c2cccc(Cc3ccccc3)n2)co1. The molecule has 1 atom stereocenters. The highest BCUT2D eigenvalue weighted by molar-refractivity contribution is 5.92. The summed E-state index contributed by atoms with van der Waals surface area (Å²) in [4.78, 5) is 23.7. The largest absolute Gasteiger partial charge is 0.448 e. The molecule has 0 aliphatic carbocycles. The van der Waals surface area contributed by atoms with Crippen LogP contribution in [0.5, 0.6) is 0 Å². The Morgan fingerprint density at radius 2 is 2.00 bits per heavy atom. The molecule has 0 unspecified atom stereocenters. The Morgan fingerprint density at radius 1 is 1.15 bits per heavy atom. The first-order valence-electron chi connectivity index (χ1n) is 8.93. The van der Waals surface area contributed by atoms with Gasteiger partial charge in [0.25, 0.3) is 5.91 Å². The molecule has 1 aromatic carbocycles. The van der Waals surface area contributed by atoms with Gasteiger partial charge >= 0.3 is 0 Å². The maximum atomic E-state index is 12.8. The summed E-state index contributed by atoms with van der Waals surface area (Å²) in [7, 11) is 0. The van der Waals surface area contributed by atoms with Crippen LogP contribution >= 0.6 is 0 Å². The van der Waals surface area contributed by atoms with Crippen molar-refractivity contribution in [3.05, 3.63) is 83.3 Å². The van der Waals surface area contributed by atoms with Crippen LogP contribution in [0.3, 0.4) is 0 Å². The highest BCUT2D eigenvalue weighted by Gasteiger charge is 2.32. The summed E-state index contributed by atoms with van der Waals surface area (Å²) in [6, 6.07) is 16.4. The third-order valence-corrected chi connectivity index (χ3v) is 4.75. The van der Waals surface area contributed by atoms with Gasteiger partial charge in [0.1, 0.15) is 6.26 Å². The molecule has 0 spiro atoms. The first kappa shape index (κ1) is 16.5. The summed E-state index contributed by atoms with van der Waals surface area (Å²) >= 11 is 0. The molecule has 0 N–H and O–H groups in total. The average Bonchev–Trinajstić information content (AvgIpc) is 3.31. The molecule has 0 saturated carbocycles. The highest BCUT2D eigenvalue weighted by Crippen LogP contribution is 2.32. The van der Waals surface area contributed by atoms with Crippen molar-refractivity contribution in [2.45, 2.75) is 32.2 Å². The number of pyridine rings is 1. The van der Waals surface area contributed by atoms with Crippen molar-refractivity contribution in [3.8, 4) is 0 Å². The van der Waals surface area contributed by atoms with Crippen LogP contribution in [0.4, 0.5) is 0 Å². The number of likely N-dealkylation sites (tertiary alicyclic amines) is 1. The number of hydrogen-bond acceptors (Lipinski definition) is 4. The van der Waals surface area contributed by atoms with Crippen molar-refractivity contribution in [3.63, 3.8) is 0 Å². The second-order valence-corrected chi connectivity index (χ2v) is 6.62. The van der Waals surface area contributed by atoms with Crippen molar-refractivity contribution >= 4 is 5.91 Å². The fourth-order valence-electron chi connectivity index (χ4n) is 3.51. The summed E-state index contributed by atoms with van der Waals surface area (Å²) in [6.45, 7) is 2.47. The van der Waals surface area contributed by atoms with E-state index in [4.69, 9.17) is 9.40 Å². The van der Waals surface area contributed by atoms with Gasteiger partial charge in [-0.25, -0.2) is 4.98 Å². The normalized spacial score (nSPS) is 16.8. The van der Waals surface area contributed by atoms with Crippen molar-refractivity contribution in [2.75, 3.05) is 6.54 Å². The summed E-state index contributed by atoms with van der Waals surface area (Å²) in [5.41, 5.74) is 3.57. The second-order valence-electron chi connectivity index (χ2n) is 6.62. The Kier molecular flexibility index (Phi) is 4.52. The van der Waals surface area contributed by atoms with E-state index in [0.717, 1.165) is 37.2 Å². The van der Waals surface area contributed by atoms with Crippen molar-refractivity contribution in [2.24, 2.45) is 0 Å². The predicted molar refractivity (Wildman–Crippen MR) is 97.7 cm³/mol. The summed E-state index contributed by atoms with van der Waals surface area (Å²) in [5, 5.41) is 0. The zero-order valence-electron chi connectivity index (χ0n) is 14.8. The monoisotopic (exact) mass is 347 g/mol. The molecule has 5 heteroatoms. The molecular weight excluding hydrogens is 326 g/mol. The molecule has 0 bridgehead atoms. The maximum Gasteiger partial charge on any atom is 0.276 e. The molecule has 1 aliphatic heterocycles. The van der Waals surface area contributed by atoms with Gasteiger partial charge in [-0.3, -0.25) is 9.78 Å². The van der Waals surface area contributed by atoms with E-state index < -0.39 is 0 Å². The van der Waals surface area contributed by atoms with Crippen LogP contribution in [0.2, 0.25) is 0 Å². The number of rotatable bonds is 4. The fourth-order valence-corrected chi connectivity index (χ4v) is 3.51. The van der Waals surface area contributed by atoms with Gasteiger partial charge in [0.05, 0.1) is 11.7 Å². The molecule has 1 amide bonds.